The van der Waals surface area contributed by atoms with Crippen molar-refractivity contribution in [2.24, 2.45) is 0 Å². The van der Waals surface area contributed by atoms with Gasteiger partial charge in [-0.25, -0.2) is 4.98 Å². The summed E-state index contributed by atoms with van der Waals surface area (Å²) in [6.45, 7) is 3.22. The lowest BCUT2D eigenvalue weighted by Gasteiger charge is -2.12. The molecule has 4 rings (SSSR count). The number of aromatic nitrogens is 2. The van der Waals surface area contributed by atoms with Gasteiger partial charge in [0.05, 0.1) is 12.0 Å². The third kappa shape index (κ3) is 3.96. The van der Waals surface area contributed by atoms with Crippen LogP contribution in [0, 0.1) is 0 Å². The molecular weight excluding hydrogens is 444 g/mol. The van der Waals surface area contributed by atoms with Crippen molar-refractivity contribution in [3.05, 3.63) is 49.5 Å². The molecule has 2 heterocycles. The Kier molecular flexibility index (Phi) is 5.90. The molecule has 1 aliphatic carbocycles. The fraction of sp³-hybridized carbons (Fsp3) is 0.400. The molecule has 0 bridgehead atoms. The van der Waals surface area contributed by atoms with Gasteiger partial charge in [-0.1, -0.05) is 33.8 Å². The fourth-order valence-corrected chi connectivity index (χ4v) is 6.02. The predicted molar refractivity (Wildman–Crippen MR) is 117 cm³/mol. The minimum atomic E-state index is 0.123. The lowest BCUT2D eigenvalue weighted by molar-refractivity contribution is 0.343. The first-order chi connectivity index (χ1) is 13.2. The van der Waals surface area contributed by atoms with Crippen LogP contribution in [0.25, 0.3) is 10.2 Å². The van der Waals surface area contributed by atoms with Crippen molar-refractivity contribution >= 4 is 49.2 Å². The number of hydrogen-bond acceptors (Lipinski definition) is 5. The number of ether oxygens (including phenoxy) is 1. The second-order valence-corrected chi connectivity index (χ2v) is 9.55. The van der Waals surface area contributed by atoms with Crippen LogP contribution >= 0.6 is 39.0 Å². The van der Waals surface area contributed by atoms with Gasteiger partial charge in [-0.3, -0.25) is 9.36 Å². The molecule has 1 aromatic carbocycles. The topological polar surface area (TPSA) is 44.1 Å². The van der Waals surface area contributed by atoms with E-state index in [9.17, 15) is 4.79 Å². The Balaban J connectivity index is 1.53. The molecule has 0 radical (unpaired) electrons. The number of halogens is 1. The molecule has 7 heteroatoms. The molecule has 0 spiro atoms. The molecule has 0 atom stereocenters. The molecule has 0 unspecified atom stereocenters. The summed E-state index contributed by atoms with van der Waals surface area (Å²) in [7, 11) is 0. The van der Waals surface area contributed by atoms with Crippen LogP contribution in [0.3, 0.4) is 0 Å². The van der Waals surface area contributed by atoms with Gasteiger partial charge in [0, 0.05) is 21.6 Å². The Hall–Kier alpha value is -1.31. The number of aryl methyl sites for hydroxylation is 2. The highest BCUT2D eigenvalue weighted by molar-refractivity contribution is 9.10. The first-order valence-corrected chi connectivity index (χ1v) is 11.8. The zero-order chi connectivity index (χ0) is 18.8. The van der Waals surface area contributed by atoms with Crippen LogP contribution in [0.1, 0.15) is 30.2 Å². The molecule has 0 amide bonds. The fourth-order valence-electron chi connectivity index (χ4n) is 3.46. The van der Waals surface area contributed by atoms with Crippen LogP contribution in [-0.2, 0) is 19.4 Å². The number of nitrogens with zero attached hydrogens (tertiary/aromatic N) is 2. The molecule has 0 aliphatic heterocycles. The first-order valence-electron chi connectivity index (χ1n) is 9.23. The average molecular weight is 465 g/mol. The number of benzene rings is 1. The standard InChI is InChI=1S/C20H21BrN2O2S2/c1-2-23-19(24)17-15-8-3-4-9-16(15)27-18(17)22-20(23)26-11-10-25-14-7-5-6-13(21)12-14/h5-7,12H,2-4,8-11H2,1H3. The third-order valence-electron chi connectivity index (χ3n) is 4.74. The summed E-state index contributed by atoms with van der Waals surface area (Å²) in [4.78, 5) is 20.2. The third-order valence-corrected chi connectivity index (χ3v) is 7.35. The van der Waals surface area contributed by atoms with Crippen LogP contribution in [0.2, 0.25) is 0 Å². The van der Waals surface area contributed by atoms with Crippen molar-refractivity contribution < 1.29 is 4.74 Å². The monoisotopic (exact) mass is 464 g/mol. The highest BCUT2D eigenvalue weighted by Gasteiger charge is 2.21. The van der Waals surface area contributed by atoms with Crippen molar-refractivity contribution in [1.29, 1.82) is 0 Å². The van der Waals surface area contributed by atoms with E-state index in [1.165, 1.54) is 23.3 Å². The maximum absolute atomic E-state index is 13.1. The van der Waals surface area contributed by atoms with Crippen molar-refractivity contribution in [3.63, 3.8) is 0 Å². The lowest BCUT2D eigenvalue weighted by Crippen LogP contribution is -2.23. The largest absolute Gasteiger partial charge is 0.493 e. The summed E-state index contributed by atoms with van der Waals surface area (Å²) in [6, 6.07) is 7.82. The maximum Gasteiger partial charge on any atom is 0.263 e. The van der Waals surface area contributed by atoms with Gasteiger partial charge < -0.3 is 4.74 Å². The second-order valence-electron chi connectivity index (χ2n) is 6.49. The molecule has 3 aromatic rings. The van der Waals surface area contributed by atoms with Gasteiger partial charge in [0.2, 0.25) is 0 Å². The number of hydrogen-bond donors (Lipinski definition) is 0. The second kappa shape index (κ2) is 8.37. The molecule has 142 valence electrons. The Bertz CT molecular complexity index is 1030. The van der Waals surface area contributed by atoms with E-state index in [1.54, 1.807) is 23.1 Å². The molecule has 27 heavy (non-hydrogen) atoms. The first kappa shape index (κ1) is 19.0. The van der Waals surface area contributed by atoms with E-state index in [0.29, 0.717) is 13.2 Å². The van der Waals surface area contributed by atoms with Crippen LogP contribution in [0.4, 0.5) is 0 Å². The lowest BCUT2D eigenvalue weighted by atomic mass is 9.97. The summed E-state index contributed by atoms with van der Waals surface area (Å²) in [5.41, 5.74) is 1.38. The molecule has 0 fully saturated rings. The van der Waals surface area contributed by atoms with Crippen molar-refractivity contribution in [2.45, 2.75) is 44.3 Å². The van der Waals surface area contributed by atoms with Gasteiger partial charge in [-0.05, 0) is 56.4 Å². The summed E-state index contributed by atoms with van der Waals surface area (Å²) in [6.07, 6.45) is 4.50. The summed E-state index contributed by atoms with van der Waals surface area (Å²) in [5, 5.41) is 1.66. The summed E-state index contributed by atoms with van der Waals surface area (Å²) < 4.78 is 8.62. The van der Waals surface area contributed by atoms with Gasteiger partial charge in [0.15, 0.2) is 5.16 Å². The Morgan fingerprint density at radius 3 is 3.00 bits per heavy atom. The molecule has 4 nitrogen and oxygen atoms in total. The quantitative estimate of drug-likeness (QED) is 0.282. The molecule has 0 saturated heterocycles. The minimum Gasteiger partial charge on any atom is -0.493 e. The average Bonchev–Trinajstić information content (AvgIpc) is 3.04. The zero-order valence-corrected chi connectivity index (χ0v) is 18.4. The Labute approximate surface area is 175 Å². The van der Waals surface area contributed by atoms with Crippen molar-refractivity contribution in [1.82, 2.24) is 9.55 Å². The smallest absolute Gasteiger partial charge is 0.263 e. The summed E-state index contributed by atoms with van der Waals surface area (Å²) in [5.74, 6) is 1.59. The van der Waals surface area contributed by atoms with Gasteiger partial charge in [-0.15, -0.1) is 11.3 Å². The van der Waals surface area contributed by atoms with E-state index in [4.69, 9.17) is 9.72 Å². The summed E-state index contributed by atoms with van der Waals surface area (Å²) >= 11 is 6.75. The van der Waals surface area contributed by atoms with Crippen molar-refractivity contribution in [3.8, 4) is 5.75 Å². The van der Waals surface area contributed by atoms with E-state index in [-0.39, 0.29) is 5.56 Å². The molecule has 2 aromatic heterocycles. The van der Waals surface area contributed by atoms with Gasteiger partial charge in [0.1, 0.15) is 10.6 Å². The van der Waals surface area contributed by atoms with E-state index in [1.807, 2.05) is 35.8 Å². The van der Waals surface area contributed by atoms with Crippen LogP contribution < -0.4 is 10.3 Å². The van der Waals surface area contributed by atoms with E-state index >= 15 is 0 Å². The number of fused-ring (bicyclic) bond motifs is 3. The predicted octanol–water partition coefficient (Wildman–Crippen LogP) is 5.29. The van der Waals surface area contributed by atoms with Crippen LogP contribution in [-0.4, -0.2) is 21.9 Å². The zero-order valence-electron chi connectivity index (χ0n) is 15.2. The van der Waals surface area contributed by atoms with E-state index in [2.05, 4.69) is 15.9 Å². The number of thiophene rings is 1. The van der Waals surface area contributed by atoms with Gasteiger partial charge in [-0.2, -0.15) is 0 Å². The molecule has 0 saturated carbocycles. The van der Waals surface area contributed by atoms with E-state index in [0.717, 1.165) is 44.2 Å². The normalized spacial score (nSPS) is 13.7. The Morgan fingerprint density at radius 2 is 2.19 bits per heavy atom. The number of thioether (sulfide) groups is 1. The Morgan fingerprint density at radius 1 is 1.33 bits per heavy atom. The molecular formula is C20H21BrN2O2S2. The molecule has 0 N–H and O–H groups in total. The van der Waals surface area contributed by atoms with Gasteiger partial charge >= 0.3 is 0 Å². The molecule has 1 aliphatic rings. The van der Waals surface area contributed by atoms with Crippen LogP contribution in [0.15, 0.2) is 38.7 Å². The number of rotatable bonds is 6. The maximum atomic E-state index is 13.1. The van der Waals surface area contributed by atoms with Crippen LogP contribution in [0.5, 0.6) is 5.75 Å². The highest BCUT2D eigenvalue weighted by atomic mass is 79.9. The van der Waals surface area contributed by atoms with Gasteiger partial charge in [0.25, 0.3) is 5.56 Å². The minimum absolute atomic E-state index is 0.123. The van der Waals surface area contributed by atoms with Crippen molar-refractivity contribution in [2.75, 3.05) is 12.4 Å². The SMILES string of the molecule is CCn1c(SCCOc2cccc(Br)c2)nc2sc3c(c2c1=O)CCCC3. The van der Waals surface area contributed by atoms with E-state index < -0.39 is 0 Å². The highest BCUT2D eigenvalue weighted by Crippen LogP contribution is 2.34.